The van der Waals surface area contributed by atoms with Crippen LogP contribution in [0.1, 0.15) is 181 Å². The average molecular weight is 605 g/mol. The molecule has 0 aromatic carbocycles. The number of ether oxygens (including phenoxy) is 1. The number of allylic oxidation sites excluding steroid dienone is 2. The topological polar surface area (TPSA) is 26.3 Å². The van der Waals surface area contributed by atoms with Crippen LogP contribution in [0.3, 0.4) is 0 Å². The molecule has 0 saturated heterocycles. The van der Waals surface area contributed by atoms with Crippen LogP contribution in [0.4, 0.5) is 0 Å². The summed E-state index contributed by atoms with van der Waals surface area (Å²) in [5.41, 5.74) is 3.12. The molecule has 2 saturated carbocycles. The lowest BCUT2D eigenvalue weighted by Gasteiger charge is -2.60. The van der Waals surface area contributed by atoms with Gasteiger partial charge in [0.1, 0.15) is 0 Å². The molecule has 3 rings (SSSR count). The number of fused-ring (bicyclic) bond motifs is 3. The van der Waals surface area contributed by atoms with Crippen LogP contribution in [-0.2, 0) is 9.53 Å². The van der Waals surface area contributed by atoms with Crippen molar-refractivity contribution in [3.63, 3.8) is 0 Å². The second kappa shape index (κ2) is 24.1. The van der Waals surface area contributed by atoms with E-state index in [1.807, 2.05) is 67.9 Å². The second-order valence-corrected chi connectivity index (χ2v) is 13.1. The van der Waals surface area contributed by atoms with E-state index in [4.69, 9.17) is 4.74 Å². The van der Waals surface area contributed by atoms with Gasteiger partial charge in [0.15, 0.2) is 0 Å². The first kappa shape index (κ1) is 46.2. The molecule has 0 spiro atoms. The molecular weight excluding hydrogens is 524 g/mol. The standard InChI is InChI=1S/C31H54O2.4C2H6.C2H2/c1-9-26-25-16-15-24-21-23(29(5,6)10-2)17-19-31(24,8)27(25)18-20-30(26,7)22(4)13-12-14-28(32)33-11-3;5*1-2/h15,22-23,25-27H,9-14,16-21H2,1-8H3;4*1-2H3;1-2H/t22?,23?,25?,26-,27?,30?,31?;;;;;/m0...../s1. The average Bonchev–Trinajstić information content (AvgIpc) is 3.05. The molecule has 256 valence electrons. The minimum Gasteiger partial charge on any atom is -0.466 e. The number of esters is 1. The molecule has 3 aliphatic rings. The summed E-state index contributed by atoms with van der Waals surface area (Å²) >= 11 is 0. The van der Waals surface area contributed by atoms with Gasteiger partial charge in [-0.1, -0.05) is 128 Å². The number of terminal acetylenes is 1. The van der Waals surface area contributed by atoms with Crippen molar-refractivity contribution in [2.24, 2.45) is 45.8 Å². The van der Waals surface area contributed by atoms with Gasteiger partial charge in [0.05, 0.1) is 6.61 Å². The van der Waals surface area contributed by atoms with Gasteiger partial charge >= 0.3 is 5.97 Å². The van der Waals surface area contributed by atoms with Crippen LogP contribution in [0.2, 0.25) is 0 Å². The number of rotatable bonds is 9. The van der Waals surface area contributed by atoms with Gasteiger partial charge in [-0.05, 0) is 104 Å². The zero-order valence-electron chi connectivity index (χ0n) is 32.4. The summed E-state index contributed by atoms with van der Waals surface area (Å²) in [4.78, 5) is 11.8. The fourth-order valence-electron chi connectivity index (χ4n) is 8.46. The first-order chi connectivity index (χ1) is 20.5. The summed E-state index contributed by atoms with van der Waals surface area (Å²) < 4.78 is 5.16. The van der Waals surface area contributed by atoms with Crippen molar-refractivity contribution in [1.29, 1.82) is 0 Å². The Morgan fingerprint density at radius 3 is 2.02 bits per heavy atom. The van der Waals surface area contributed by atoms with Crippen LogP contribution >= 0.6 is 0 Å². The quantitative estimate of drug-likeness (QED) is 0.149. The first-order valence-electron chi connectivity index (χ1n) is 18.7. The zero-order valence-corrected chi connectivity index (χ0v) is 32.4. The SMILES string of the molecule is C#C.CC.CC.CC.CC.CCOC(=O)CCCC(C)C1(C)CCC2C(CC=C3CC(C(C)(C)CC)CCC32C)[C@@H]1CC. The van der Waals surface area contributed by atoms with Gasteiger partial charge in [0.2, 0.25) is 0 Å². The predicted molar refractivity (Wildman–Crippen MR) is 195 cm³/mol. The number of carbonyl (C=O) groups excluding carboxylic acids is 1. The molecule has 6 unspecified atom stereocenters. The van der Waals surface area contributed by atoms with Crippen molar-refractivity contribution >= 4 is 5.97 Å². The van der Waals surface area contributed by atoms with E-state index in [0.717, 1.165) is 36.5 Å². The zero-order chi connectivity index (χ0) is 34.4. The molecule has 3 aliphatic carbocycles. The highest BCUT2D eigenvalue weighted by atomic mass is 16.5. The van der Waals surface area contributed by atoms with Crippen LogP contribution in [0.5, 0.6) is 0 Å². The highest BCUT2D eigenvalue weighted by molar-refractivity contribution is 5.69. The molecule has 0 bridgehead atoms. The minimum atomic E-state index is -0.0228. The van der Waals surface area contributed by atoms with E-state index in [9.17, 15) is 4.79 Å². The lowest BCUT2D eigenvalue weighted by Crippen LogP contribution is -2.52. The van der Waals surface area contributed by atoms with Crippen molar-refractivity contribution in [2.75, 3.05) is 6.61 Å². The fraction of sp³-hybridized carbons (Fsp3) is 0.878. The van der Waals surface area contributed by atoms with E-state index in [-0.39, 0.29) is 5.97 Å². The Labute approximate surface area is 273 Å². The molecule has 0 N–H and O–H groups in total. The predicted octanol–water partition coefficient (Wildman–Crippen LogP) is 13.3. The third-order valence-corrected chi connectivity index (χ3v) is 11.4. The summed E-state index contributed by atoms with van der Waals surface area (Å²) in [6, 6.07) is 0. The summed E-state index contributed by atoms with van der Waals surface area (Å²) in [7, 11) is 0. The molecule has 0 heterocycles. The van der Waals surface area contributed by atoms with Crippen molar-refractivity contribution in [3.8, 4) is 12.8 Å². The number of carbonyl (C=O) groups is 1. The van der Waals surface area contributed by atoms with Crippen LogP contribution < -0.4 is 0 Å². The highest BCUT2D eigenvalue weighted by Crippen LogP contribution is 2.64. The number of hydrogen-bond acceptors (Lipinski definition) is 2. The summed E-state index contributed by atoms with van der Waals surface area (Å²) in [6.07, 6.45) is 24.2. The lowest BCUT2D eigenvalue weighted by atomic mass is 9.44. The van der Waals surface area contributed by atoms with Gasteiger partial charge in [0, 0.05) is 6.42 Å². The molecule has 2 heteroatoms. The number of hydrogen-bond donors (Lipinski definition) is 0. The van der Waals surface area contributed by atoms with Gasteiger partial charge in [-0.3, -0.25) is 4.79 Å². The molecule has 0 radical (unpaired) electrons. The third kappa shape index (κ3) is 11.9. The molecule has 2 fully saturated rings. The van der Waals surface area contributed by atoms with Crippen LogP contribution in [0.25, 0.3) is 0 Å². The van der Waals surface area contributed by atoms with Crippen LogP contribution in [-0.4, -0.2) is 12.6 Å². The van der Waals surface area contributed by atoms with E-state index in [1.54, 1.807) is 0 Å². The van der Waals surface area contributed by atoms with Crippen molar-refractivity contribution in [3.05, 3.63) is 11.6 Å². The largest absolute Gasteiger partial charge is 0.466 e. The van der Waals surface area contributed by atoms with E-state index in [0.29, 0.717) is 35.2 Å². The van der Waals surface area contributed by atoms with Crippen molar-refractivity contribution in [2.45, 2.75) is 181 Å². The van der Waals surface area contributed by atoms with Gasteiger partial charge in [0.25, 0.3) is 0 Å². The Morgan fingerprint density at radius 1 is 0.977 bits per heavy atom. The van der Waals surface area contributed by atoms with Gasteiger partial charge in [-0.25, -0.2) is 0 Å². The van der Waals surface area contributed by atoms with E-state index < -0.39 is 0 Å². The van der Waals surface area contributed by atoms with Gasteiger partial charge in [-0.15, -0.1) is 12.8 Å². The summed E-state index contributed by atoms with van der Waals surface area (Å²) in [6.45, 7) is 35.9. The molecule has 7 atom stereocenters. The maximum Gasteiger partial charge on any atom is 0.305 e. The Balaban J connectivity index is -0.00000145. The van der Waals surface area contributed by atoms with Gasteiger partial charge < -0.3 is 4.74 Å². The Bertz CT molecular complexity index is 746. The summed E-state index contributed by atoms with van der Waals surface area (Å²) in [5, 5.41) is 0. The molecule has 0 aliphatic heterocycles. The highest BCUT2D eigenvalue weighted by Gasteiger charge is 2.55. The maximum atomic E-state index is 11.8. The van der Waals surface area contributed by atoms with Crippen molar-refractivity contribution in [1.82, 2.24) is 0 Å². The lowest BCUT2D eigenvalue weighted by molar-refractivity contribution is -0.143. The van der Waals surface area contributed by atoms with Crippen LogP contribution in [0.15, 0.2) is 11.6 Å². The van der Waals surface area contributed by atoms with Crippen molar-refractivity contribution < 1.29 is 9.53 Å². The molecular formula is C41H80O2. The normalized spacial score (nSPS) is 29.4. The smallest absolute Gasteiger partial charge is 0.305 e. The molecule has 0 aromatic rings. The maximum absolute atomic E-state index is 11.8. The van der Waals surface area contributed by atoms with Gasteiger partial charge in [-0.2, -0.15) is 0 Å². The fourth-order valence-corrected chi connectivity index (χ4v) is 8.46. The van der Waals surface area contributed by atoms with E-state index in [2.05, 4.69) is 67.4 Å². The Kier molecular flexibility index (Phi) is 25.8. The molecule has 43 heavy (non-hydrogen) atoms. The summed E-state index contributed by atoms with van der Waals surface area (Å²) in [5.74, 6) is 4.00. The third-order valence-electron chi connectivity index (χ3n) is 11.4. The Morgan fingerprint density at radius 2 is 1.53 bits per heavy atom. The minimum absolute atomic E-state index is 0.0228. The van der Waals surface area contributed by atoms with E-state index in [1.165, 1.54) is 51.4 Å². The molecule has 2 nitrogen and oxygen atoms in total. The van der Waals surface area contributed by atoms with E-state index >= 15 is 0 Å². The molecule has 0 aromatic heterocycles. The Hall–Kier alpha value is -1.23. The first-order valence-corrected chi connectivity index (χ1v) is 18.7. The molecule has 0 amide bonds. The second-order valence-electron chi connectivity index (χ2n) is 13.1. The van der Waals surface area contributed by atoms with Crippen LogP contribution in [0, 0.1) is 58.7 Å². The monoisotopic (exact) mass is 605 g/mol.